The largest absolute Gasteiger partial charge is 0.443 e. The molecule has 1 atom stereocenters. The predicted molar refractivity (Wildman–Crippen MR) is 70.7 cm³/mol. The number of imide groups is 1. The van der Waals surface area contributed by atoms with Crippen molar-refractivity contribution < 1.29 is 14.3 Å². The minimum atomic E-state index is -0.624. The van der Waals surface area contributed by atoms with E-state index in [1.807, 2.05) is 30.3 Å². The van der Waals surface area contributed by atoms with E-state index >= 15 is 0 Å². The summed E-state index contributed by atoms with van der Waals surface area (Å²) in [7, 11) is 0. The normalized spacial score (nSPS) is 19.2. The van der Waals surface area contributed by atoms with E-state index in [0.29, 0.717) is 6.54 Å². The van der Waals surface area contributed by atoms with Gasteiger partial charge < -0.3 is 10.1 Å². The summed E-state index contributed by atoms with van der Waals surface area (Å²) >= 11 is 0. The number of ether oxygens (including phenoxy) is 1. The number of nitrogens with zero attached hydrogens (tertiary/aromatic N) is 1. The second kappa shape index (κ2) is 4.91. The summed E-state index contributed by atoms with van der Waals surface area (Å²) in [5.74, 6) is 0. The molecule has 2 rings (SSSR count). The van der Waals surface area contributed by atoms with Gasteiger partial charge in [0.1, 0.15) is 5.60 Å². The van der Waals surface area contributed by atoms with E-state index in [9.17, 15) is 9.59 Å². The number of nitrogens with one attached hydrogen (secondary N) is 1. The monoisotopic (exact) mass is 262 g/mol. The van der Waals surface area contributed by atoms with Crippen LogP contribution in [0.1, 0.15) is 32.4 Å². The molecule has 102 valence electrons. The van der Waals surface area contributed by atoms with Gasteiger partial charge in [0, 0.05) is 6.54 Å². The minimum Gasteiger partial charge on any atom is -0.443 e. The van der Waals surface area contributed by atoms with Gasteiger partial charge in [0.25, 0.3) is 0 Å². The van der Waals surface area contributed by atoms with Crippen molar-refractivity contribution in [2.75, 3.05) is 6.54 Å². The maximum atomic E-state index is 12.1. The summed E-state index contributed by atoms with van der Waals surface area (Å²) < 4.78 is 5.27. The fourth-order valence-corrected chi connectivity index (χ4v) is 1.97. The highest BCUT2D eigenvalue weighted by Gasteiger charge is 2.39. The van der Waals surface area contributed by atoms with Gasteiger partial charge in [-0.05, 0) is 26.3 Å². The molecular weight excluding hydrogens is 244 g/mol. The zero-order chi connectivity index (χ0) is 14.0. The topological polar surface area (TPSA) is 58.6 Å². The van der Waals surface area contributed by atoms with Crippen LogP contribution in [-0.2, 0) is 4.74 Å². The fraction of sp³-hybridized carbons (Fsp3) is 0.429. The maximum absolute atomic E-state index is 12.1. The van der Waals surface area contributed by atoms with Gasteiger partial charge in [0.2, 0.25) is 0 Å². The van der Waals surface area contributed by atoms with Crippen LogP contribution in [0.2, 0.25) is 0 Å². The van der Waals surface area contributed by atoms with Crippen LogP contribution in [-0.4, -0.2) is 29.2 Å². The number of urea groups is 1. The lowest BCUT2D eigenvalue weighted by Crippen LogP contribution is -2.40. The Labute approximate surface area is 112 Å². The quantitative estimate of drug-likeness (QED) is 0.846. The molecule has 19 heavy (non-hydrogen) atoms. The molecule has 1 saturated heterocycles. The first-order valence-corrected chi connectivity index (χ1v) is 6.23. The molecule has 0 saturated carbocycles. The Morgan fingerprint density at radius 1 is 1.32 bits per heavy atom. The molecule has 3 amide bonds. The highest BCUT2D eigenvalue weighted by molar-refractivity contribution is 5.93. The minimum absolute atomic E-state index is 0.316. The number of carbonyl (C=O) groups excluding carboxylic acids is 2. The molecular formula is C14H18N2O3. The third-order valence-corrected chi connectivity index (χ3v) is 2.75. The van der Waals surface area contributed by atoms with Crippen molar-refractivity contribution in [1.82, 2.24) is 10.2 Å². The molecule has 5 nitrogen and oxygen atoms in total. The summed E-state index contributed by atoms with van der Waals surface area (Å²) in [6, 6.07) is 8.71. The first-order valence-electron chi connectivity index (χ1n) is 6.23. The van der Waals surface area contributed by atoms with Crippen LogP contribution in [0.5, 0.6) is 0 Å². The van der Waals surface area contributed by atoms with E-state index in [2.05, 4.69) is 5.32 Å². The summed E-state index contributed by atoms with van der Waals surface area (Å²) in [5, 5.41) is 2.67. The van der Waals surface area contributed by atoms with Crippen molar-refractivity contribution in [2.24, 2.45) is 0 Å². The number of rotatable bonds is 1. The van der Waals surface area contributed by atoms with Crippen molar-refractivity contribution in [2.45, 2.75) is 32.4 Å². The zero-order valence-corrected chi connectivity index (χ0v) is 11.3. The first-order chi connectivity index (χ1) is 8.88. The van der Waals surface area contributed by atoms with E-state index in [4.69, 9.17) is 4.74 Å². The molecule has 1 aromatic carbocycles. The molecule has 1 heterocycles. The van der Waals surface area contributed by atoms with Crippen LogP contribution in [0.15, 0.2) is 30.3 Å². The average Bonchev–Trinajstić information content (AvgIpc) is 2.70. The van der Waals surface area contributed by atoms with Crippen LogP contribution >= 0.6 is 0 Å². The molecule has 0 radical (unpaired) electrons. The van der Waals surface area contributed by atoms with E-state index in [1.54, 1.807) is 20.8 Å². The van der Waals surface area contributed by atoms with Crippen molar-refractivity contribution in [3.63, 3.8) is 0 Å². The van der Waals surface area contributed by atoms with Gasteiger partial charge in [-0.2, -0.15) is 0 Å². The van der Waals surface area contributed by atoms with Crippen LogP contribution in [0.25, 0.3) is 0 Å². The third kappa shape index (κ3) is 3.05. The van der Waals surface area contributed by atoms with Crippen molar-refractivity contribution in [3.05, 3.63) is 35.9 Å². The second-order valence-corrected chi connectivity index (χ2v) is 5.46. The van der Waals surface area contributed by atoms with Gasteiger partial charge in [-0.3, -0.25) is 0 Å². The Balaban J connectivity index is 2.21. The number of carbonyl (C=O) groups is 2. The molecule has 0 bridgehead atoms. The molecule has 1 aliphatic heterocycles. The SMILES string of the molecule is CC(C)(C)OC(=O)N1C(=O)NCC1c1ccccc1. The van der Waals surface area contributed by atoms with Crippen LogP contribution in [0.3, 0.4) is 0 Å². The Morgan fingerprint density at radius 3 is 2.53 bits per heavy atom. The van der Waals surface area contributed by atoms with Gasteiger partial charge in [-0.15, -0.1) is 0 Å². The van der Waals surface area contributed by atoms with Gasteiger partial charge in [0.05, 0.1) is 6.04 Å². The summed E-state index contributed by atoms with van der Waals surface area (Å²) in [6.45, 7) is 5.73. The highest BCUT2D eigenvalue weighted by Crippen LogP contribution is 2.26. The number of amides is 3. The molecule has 0 spiro atoms. The summed E-state index contributed by atoms with van der Waals surface area (Å²) in [4.78, 5) is 25.0. The molecule has 1 fully saturated rings. The molecule has 0 aliphatic carbocycles. The van der Waals surface area contributed by atoms with Gasteiger partial charge in [-0.1, -0.05) is 30.3 Å². The zero-order valence-electron chi connectivity index (χ0n) is 11.3. The number of hydrogen-bond donors (Lipinski definition) is 1. The maximum Gasteiger partial charge on any atom is 0.419 e. The fourth-order valence-electron chi connectivity index (χ4n) is 1.97. The lowest BCUT2D eigenvalue weighted by Gasteiger charge is -2.26. The van der Waals surface area contributed by atoms with E-state index in [1.165, 1.54) is 0 Å². The Hall–Kier alpha value is -2.04. The molecule has 0 aromatic heterocycles. The Bertz CT molecular complexity index is 479. The highest BCUT2D eigenvalue weighted by atomic mass is 16.6. The predicted octanol–water partition coefficient (Wildman–Crippen LogP) is 2.69. The molecule has 1 aromatic rings. The van der Waals surface area contributed by atoms with E-state index in [0.717, 1.165) is 10.5 Å². The lowest BCUT2D eigenvalue weighted by atomic mass is 10.1. The van der Waals surface area contributed by atoms with Gasteiger partial charge in [-0.25, -0.2) is 14.5 Å². The average molecular weight is 262 g/mol. The standard InChI is InChI=1S/C14H18N2O3/c1-14(2,3)19-13(18)16-11(9-15-12(16)17)10-7-5-4-6-8-10/h4-8,11H,9H2,1-3H3,(H,15,17). The smallest absolute Gasteiger partial charge is 0.419 e. The third-order valence-electron chi connectivity index (χ3n) is 2.75. The van der Waals surface area contributed by atoms with Crippen LogP contribution < -0.4 is 5.32 Å². The van der Waals surface area contributed by atoms with E-state index in [-0.39, 0.29) is 6.04 Å². The van der Waals surface area contributed by atoms with Gasteiger partial charge in [0.15, 0.2) is 0 Å². The van der Waals surface area contributed by atoms with E-state index < -0.39 is 17.7 Å². The first kappa shape index (κ1) is 13.4. The second-order valence-electron chi connectivity index (χ2n) is 5.46. The lowest BCUT2D eigenvalue weighted by molar-refractivity contribution is 0.0298. The van der Waals surface area contributed by atoms with Gasteiger partial charge >= 0.3 is 12.1 Å². The van der Waals surface area contributed by atoms with Crippen molar-refractivity contribution in [3.8, 4) is 0 Å². The molecule has 1 N–H and O–H groups in total. The van der Waals surface area contributed by atoms with Crippen LogP contribution in [0, 0.1) is 0 Å². The van der Waals surface area contributed by atoms with Crippen LogP contribution in [0.4, 0.5) is 9.59 Å². The Morgan fingerprint density at radius 2 is 1.95 bits per heavy atom. The molecule has 1 aliphatic rings. The number of hydrogen-bond acceptors (Lipinski definition) is 3. The Kier molecular flexibility index (Phi) is 3.46. The molecule has 1 unspecified atom stereocenters. The number of benzene rings is 1. The summed E-state index contributed by atoms with van der Waals surface area (Å²) in [6.07, 6.45) is -0.614. The summed E-state index contributed by atoms with van der Waals surface area (Å²) in [5.41, 5.74) is 0.285. The van der Waals surface area contributed by atoms with Crippen molar-refractivity contribution in [1.29, 1.82) is 0 Å². The van der Waals surface area contributed by atoms with Crippen molar-refractivity contribution >= 4 is 12.1 Å². The molecule has 5 heteroatoms.